The molecule has 0 aliphatic carbocycles. The van der Waals surface area contributed by atoms with Crippen LogP contribution in [0.1, 0.15) is 25.7 Å². The summed E-state index contributed by atoms with van der Waals surface area (Å²) in [5, 5.41) is 5.48. The molecule has 0 aliphatic heterocycles. The summed E-state index contributed by atoms with van der Waals surface area (Å²) in [6.07, 6.45) is 3.19. The highest BCUT2D eigenvalue weighted by atomic mass is 79.9. The van der Waals surface area contributed by atoms with Gasteiger partial charge in [0, 0.05) is 4.47 Å². The average Bonchev–Trinajstić information content (AvgIpc) is 2.29. The van der Waals surface area contributed by atoms with Gasteiger partial charge in [-0.05, 0) is 31.0 Å². The minimum Gasteiger partial charge on any atom is -0.492 e. The predicted octanol–water partition coefficient (Wildman–Crippen LogP) is 3.33. The lowest BCUT2D eigenvalue weighted by Gasteiger charge is -2.08. The molecule has 2 N–H and O–H groups in total. The molecule has 0 radical (unpaired) electrons. The molecule has 0 saturated heterocycles. The molecule has 19 heavy (non-hydrogen) atoms. The molecule has 0 heterocycles. The van der Waals surface area contributed by atoms with E-state index < -0.39 is 10.0 Å². The van der Waals surface area contributed by atoms with Crippen molar-refractivity contribution in [3.8, 4) is 5.75 Å². The average molecular weight is 371 g/mol. The molecule has 0 atom stereocenters. The van der Waals surface area contributed by atoms with Gasteiger partial charge in [0.15, 0.2) is 0 Å². The van der Waals surface area contributed by atoms with Crippen molar-refractivity contribution in [1.29, 1.82) is 0 Å². The minimum atomic E-state index is -3.32. The van der Waals surface area contributed by atoms with Gasteiger partial charge < -0.3 is 4.74 Å². The monoisotopic (exact) mass is 369 g/mol. The zero-order chi connectivity index (χ0) is 14.3. The summed E-state index contributed by atoms with van der Waals surface area (Å²) in [4.78, 5) is 0. The quantitative estimate of drug-likeness (QED) is 0.714. The van der Waals surface area contributed by atoms with Crippen molar-refractivity contribution in [3.63, 3.8) is 0 Å². The first kappa shape index (κ1) is 16.8. The van der Waals surface area contributed by atoms with E-state index in [9.17, 15) is 8.42 Å². The molecule has 0 fully saturated rings. The SMILES string of the molecule is NS(=O)(=O)CCCCCCOc1ccc(Br)cc1Cl. The second-order valence-corrected chi connectivity index (χ2v) is 7.26. The number of halogens is 2. The highest BCUT2D eigenvalue weighted by Crippen LogP contribution is 2.27. The Hall–Kier alpha value is -0.300. The Morgan fingerprint density at radius 1 is 1.21 bits per heavy atom. The van der Waals surface area contributed by atoms with Gasteiger partial charge in [0.25, 0.3) is 0 Å². The first-order valence-corrected chi connectivity index (χ1v) is 8.85. The second kappa shape index (κ2) is 8.09. The minimum absolute atomic E-state index is 0.0480. The van der Waals surface area contributed by atoms with E-state index in [1.165, 1.54) is 0 Å². The largest absolute Gasteiger partial charge is 0.492 e. The van der Waals surface area contributed by atoms with Gasteiger partial charge in [-0.1, -0.05) is 40.4 Å². The molecule has 0 aromatic heterocycles. The fraction of sp³-hybridized carbons (Fsp3) is 0.500. The van der Waals surface area contributed by atoms with E-state index in [2.05, 4.69) is 15.9 Å². The zero-order valence-corrected chi connectivity index (χ0v) is 13.6. The van der Waals surface area contributed by atoms with Crippen LogP contribution in [-0.2, 0) is 10.0 Å². The van der Waals surface area contributed by atoms with E-state index in [4.69, 9.17) is 21.5 Å². The Bertz CT molecular complexity index is 508. The molecule has 1 rings (SSSR count). The van der Waals surface area contributed by atoms with Crippen LogP contribution in [0.4, 0.5) is 0 Å². The summed E-state index contributed by atoms with van der Waals surface area (Å²) in [7, 11) is -3.32. The molecular formula is C12H17BrClNO3S. The van der Waals surface area contributed by atoms with Crippen molar-refractivity contribution < 1.29 is 13.2 Å². The lowest BCUT2D eigenvalue weighted by atomic mass is 10.2. The van der Waals surface area contributed by atoms with Gasteiger partial charge in [0.05, 0.1) is 17.4 Å². The lowest BCUT2D eigenvalue weighted by Crippen LogP contribution is -2.16. The van der Waals surface area contributed by atoms with Crippen LogP contribution in [-0.4, -0.2) is 20.8 Å². The maximum atomic E-state index is 10.7. The van der Waals surface area contributed by atoms with Crippen LogP contribution in [0.3, 0.4) is 0 Å². The highest BCUT2D eigenvalue weighted by Gasteiger charge is 2.03. The summed E-state index contributed by atoms with van der Waals surface area (Å²) >= 11 is 9.33. The van der Waals surface area contributed by atoms with Crippen LogP contribution in [0.25, 0.3) is 0 Å². The van der Waals surface area contributed by atoms with E-state index in [0.717, 1.165) is 23.7 Å². The number of rotatable bonds is 8. The molecule has 0 saturated carbocycles. The molecule has 0 unspecified atom stereocenters. The van der Waals surface area contributed by atoms with Crippen LogP contribution >= 0.6 is 27.5 Å². The van der Waals surface area contributed by atoms with Crippen LogP contribution in [0.15, 0.2) is 22.7 Å². The van der Waals surface area contributed by atoms with E-state index in [1.807, 2.05) is 12.1 Å². The highest BCUT2D eigenvalue weighted by molar-refractivity contribution is 9.10. The number of hydrogen-bond acceptors (Lipinski definition) is 3. The summed E-state index contributed by atoms with van der Waals surface area (Å²) in [5.41, 5.74) is 0. The van der Waals surface area contributed by atoms with Gasteiger partial charge in [-0.3, -0.25) is 0 Å². The Morgan fingerprint density at radius 3 is 2.53 bits per heavy atom. The van der Waals surface area contributed by atoms with Crippen LogP contribution < -0.4 is 9.88 Å². The van der Waals surface area contributed by atoms with Crippen molar-refractivity contribution in [2.45, 2.75) is 25.7 Å². The third-order valence-electron chi connectivity index (χ3n) is 2.47. The van der Waals surface area contributed by atoms with Gasteiger partial charge in [-0.15, -0.1) is 0 Å². The zero-order valence-electron chi connectivity index (χ0n) is 10.4. The maximum Gasteiger partial charge on any atom is 0.209 e. The van der Waals surface area contributed by atoms with Gasteiger partial charge in [0.2, 0.25) is 10.0 Å². The van der Waals surface area contributed by atoms with E-state index in [-0.39, 0.29) is 5.75 Å². The third-order valence-corrected chi connectivity index (χ3v) is 4.12. The number of unbranched alkanes of at least 4 members (excludes halogenated alkanes) is 3. The van der Waals surface area contributed by atoms with Gasteiger partial charge >= 0.3 is 0 Å². The van der Waals surface area contributed by atoms with Gasteiger partial charge in [-0.25, -0.2) is 13.6 Å². The molecule has 0 spiro atoms. The third kappa shape index (κ3) is 7.77. The molecule has 108 valence electrons. The molecule has 0 amide bonds. The predicted molar refractivity (Wildman–Crippen MR) is 81.1 cm³/mol. The number of benzene rings is 1. The number of nitrogens with two attached hydrogens (primary N) is 1. The van der Waals surface area contributed by atoms with Crippen molar-refractivity contribution in [2.75, 3.05) is 12.4 Å². The van der Waals surface area contributed by atoms with Crippen molar-refractivity contribution in [3.05, 3.63) is 27.7 Å². The fourth-order valence-corrected chi connectivity index (χ4v) is 2.87. The number of hydrogen-bond donors (Lipinski definition) is 1. The molecule has 4 nitrogen and oxygen atoms in total. The second-order valence-electron chi connectivity index (χ2n) is 4.20. The normalized spacial score (nSPS) is 11.5. The van der Waals surface area contributed by atoms with Crippen LogP contribution in [0.5, 0.6) is 5.75 Å². The lowest BCUT2D eigenvalue weighted by molar-refractivity contribution is 0.305. The summed E-state index contributed by atoms with van der Waals surface area (Å²) < 4.78 is 27.9. The Balaban J connectivity index is 2.14. The van der Waals surface area contributed by atoms with E-state index in [0.29, 0.717) is 23.8 Å². The number of sulfonamides is 1. The van der Waals surface area contributed by atoms with Crippen LogP contribution in [0.2, 0.25) is 5.02 Å². The molecular weight excluding hydrogens is 354 g/mol. The summed E-state index contributed by atoms with van der Waals surface area (Å²) in [6, 6.07) is 5.46. The fourth-order valence-electron chi connectivity index (χ4n) is 1.53. The van der Waals surface area contributed by atoms with Gasteiger partial charge in [0.1, 0.15) is 5.75 Å². The Kier molecular flexibility index (Phi) is 7.13. The summed E-state index contributed by atoms with van der Waals surface area (Å²) in [5.74, 6) is 0.709. The smallest absolute Gasteiger partial charge is 0.209 e. The standard InChI is InChI=1S/C12H17BrClNO3S/c13-10-5-6-12(11(14)9-10)18-7-3-1-2-4-8-19(15,16)17/h5-6,9H,1-4,7-8H2,(H2,15,16,17). The van der Waals surface area contributed by atoms with E-state index in [1.54, 1.807) is 6.07 Å². The van der Waals surface area contributed by atoms with Crippen LogP contribution in [0, 0.1) is 0 Å². The first-order chi connectivity index (χ1) is 8.88. The maximum absolute atomic E-state index is 10.7. The molecule has 1 aromatic carbocycles. The van der Waals surface area contributed by atoms with E-state index >= 15 is 0 Å². The van der Waals surface area contributed by atoms with Crippen molar-refractivity contribution in [2.24, 2.45) is 5.14 Å². The van der Waals surface area contributed by atoms with Gasteiger partial charge in [-0.2, -0.15) is 0 Å². The van der Waals surface area contributed by atoms with Crippen molar-refractivity contribution >= 4 is 37.6 Å². The Morgan fingerprint density at radius 2 is 1.89 bits per heavy atom. The topological polar surface area (TPSA) is 69.4 Å². The molecule has 1 aromatic rings. The molecule has 0 aliphatic rings. The molecule has 7 heteroatoms. The summed E-state index contributed by atoms with van der Waals surface area (Å²) in [6.45, 7) is 0.566. The Labute approximate surface area is 127 Å². The molecule has 0 bridgehead atoms. The first-order valence-electron chi connectivity index (χ1n) is 5.97. The number of ether oxygens (including phenoxy) is 1. The van der Waals surface area contributed by atoms with Crippen molar-refractivity contribution in [1.82, 2.24) is 0 Å². The number of primary sulfonamides is 1.